The summed E-state index contributed by atoms with van der Waals surface area (Å²) in [6.45, 7) is 1.87. The van der Waals surface area contributed by atoms with Crippen LogP contribution in [0.15, 0.2) is 0 Å². The molecule has 0 aromatic carbocycles. The Hall–Kier alpha value is -0.610. The van der Waals surface area contributed by atoms with Crippen LogP contribution in [0.2, 0.25) is 0 Å². The van der Waals surface area contributed by atoms with Gasteiger partial charge in [-0.1, -0.05) is 0 Å². The number of hydrogen-bond acceptors (Lipinski definition) is 3. The number of aliphatic hydroxyl groups excluding tert-OH is 1. The Morgan fingerprint density at radius 1 is 1.54 bits per heavy atom. The summed E-state index contributed by atoms with van der Waals surface area (Å²) in [6, 6.07) is 0. The molecular weight excluding hydrogens is 168 g/mol. The van der Waals surface area contributed by atoms with Crippen molar-refractivity contribution in [2.24, 2.45) is 5.73 Å². The van der Waals surface area contributed by atoms with E-state index < -0.39 is 0 Å². The zero-order valence-corrected chi connectivity index (χ0v) is 7.91. The Labute approximate surface area is 78.7 Å². The van der Waals surface area contributed by atoms with E-state index >= 15 is 0 Å². The third-order valence-corrected chi connectivity index (χ3v) is 2.36. The second kappa shape index (κ2) is 5.19. The van der Waals surface area contributed by atoms with Crippen LogP contribution in [0.25, 0.3) is 0 Å². The molecule has 76 valence electrons. The fraction of sp³-hybridized carbons (Fsp3) is 0.889. The molecule has 0 radical (unpaired) electrons. The van der Waals surface area contributed by atoms with Crippen molar-refractivity contribution in [1.29, 1.82) is 0 Å². The summed E-state index contributed by atoms with van der Waals surface area (Å²) in [6.07, 6.45) is 2.76. The van der Waals surface area contributed by atoms with E-state index in [2.05, 4.69) is 0 Å². The second-order valence-corrected chi connectivity index (χ2v) is 3.53. The maximum absolute atomic E-state index is 11.4. The maximum atomic E-state index is 11.4. The molecule has 1 atom stereocenters. The molecule has 0 aromatic rings. The standard InChI is InChI=1S/C9H18N2O2/c10-5-2-1-3-9(13)11-6-4-8(12)7-11/h8,12H,1-7,10H2/t8-/m1/s1. The fourth-order valence-electron chi connectivity index (χ4n) is 1.55. The molecule has 1 heterocycles. The average molecular weight is 186 g/mol. The van der Waals surface area contributed by atoms with Gasteiger partial charge < -0.3 is 15.7 Å². The number of nitrogens with two attached hydrogens (primary N) is 1. The summed E-state index contributed by atoms with van der Waals surface area (Å²) in [5, 5.41) is 9.21. The Morgan fingerprint density at radius 3 is 2.85 bits per heavy atom. The van der Waals surface area contributed by atoms with Gasteiger partial charge in [0.2, 0.25) is 5.91 Å². The molecule has 4 nitrogen and oxygen atoms in total. The predicted octanol–water partition coefficient (Wildman–Crippen LogP) is -0.291. The maximum Gasteiger partial charge on any atom is 0.222 e. The van der Waals surface area contributed by atoms with Crippen molar-refractivity contribution in [2.75, 3.05) is 19.6 Å². The molecule has 1 rings (SSSR count). The predicted molar refractivity (Wildman–Crippen MR) is 50.1 cm³/mol. The Kier molecular flexibility index (Phi) is 4.18. The minimum atomic E-state index is -0.307. The summed E-state index contributed by atoms with van der Waals surface area (Å²) in [5.41, 5.74) is 5.33. The van der Waals surface area contributed by atoms with E-state index in [1.807, 2.05) is 0 Å². The van der Waals surface area contributed by atoms with Gasteiger partial charge in [0, 0.05) is 19.5 Å². The first-order chi connectivity index (χ1) is 6.24. The molecule has 13 heavy (non-hydrogen) atoms. The third kappa shape index (κ3) is 3.32. The summed E-state index contributed by atoms with van der Waals surface area (Å²) in [7, 11) is 0. The summed E-state index contributed by atoms with van der Waals surface area (Å²) >= 11 is 0. The molecular formula is C9H18N2O2. The summed E-state index contributed by atoms with van der Waals surface area (Å²) in [5.74, 6) is 0.157. The number of β-amino-alcohol motifs (C(OH)–C–C–N with tert-alkyl or cyclic N) is 1. The van der Waals surface area contributed by atoms with Crippen LogP contribution in [0.5, 0.6) is 0 Å². The molecule has 1 aliphatic heterocycles. The fourth-order valence-corrected chi connectivity index (χ4v) is 1.55. The lowest BCUT2D eigenvalue weighted by Crippen LogP contribution is -2.29. The Balaban J connectivity index is 2.16. The van der Waals surface area contributed by atoms with Gasteiger partial charge in [-0.2, -0.15) is 0 Å². The molecule has 1 fully saturated rings. The lowest BCUT2D eigenvalue weighted by Gasteiger charge is -2.14. The first kappa shape index (κ1) is 10.5. The van der Waals surface area contributed by atoms with E-state index in [-0.39, 0.29) is 12.0 Å². The van der Waals surface area contributed by atoms with Crippen molar-refractivity contribution in [2.45, 2.75) is 31.8 Å². The molecule has 4 heteroatoms. The van der Waals surface area contributed by atoms with Crippen molar-refractivity contribution in [3.8, 4) is 0 Å². The van der Waals surface area contributed by atoms with Crippen molar-refractivity contribution in [3.05, 3.63) is 0 Å². The van der Waals surface area contributed by atoms with Gasteiger partial charge in [0.05, 0.1) is 6.10 Å². The Bertz CT molecular complexity index is 173. The highest BCUT2D eigenvalue weighted by atomic mass is 16.3. The normalized spacial score (nSPS) is 22.3. The van der Waals surface area contributed by atoms with Gasteiger partial charge >= 0.3 is 0 Å². The highest BCUT2D eigenvalue weighted by Gasteiger charge is 2.23. The van der Waals surface area contributed by atoms with Gasteiger partial charge in [-0.3, -0.25) is 4.79 Å². The van der Waals surface area contributed by atoms with Gasteiger partial charge in [0.15, 0.2) is 0 Å². The molecule has 1 amide bonds. The van der Waals surface area contributed by atoms with Gasteiger partial charge in [0.1, 0.15) is 0 Å². The molecule has 0 aliphatic carbocycles. The van der Waals surface area contributed by atoms with Gasteiger partial charge in [-0.25, -0.2) is 0 Å². The SMILES string of the molecule is NCCCCC(=O)N1CC[C@@H](O)C1. The first-order valence-electron chi connectivity index (χ1n) is 4.90. The minimum Gasteiger partial charge on any atom is -0.391 e. The number of rotatable bonds is 4. The lowest BCUT2D eigenvalue weighted by atomic mass is 10.2. The zero-order chi connectivity index (χ0) is 9.68. The highest BCUT2D eigenvalue weighted by Crippen LogP contribution is 2.11. The first-order valence-corrected chi connectivity index (χ1v) is 4.90. The molecule has 0 saturated carbocycles. The third-order valence-electron chi connectivity index (χ3n) is 2.36. The van der Waals surface area contributed by atoms with E-state index in [1.54, 1.807) is 4.90 Å². The number of likely N-dealkylation sites (tertiary alicyclic amines) is 1. The highest BCUT2D eigenvalue weighted by molar-refractivity contribution is 5.76. The quantitative estimate of drug-likeness (QED) is 0.593. The smallest absolute Gasteiger partial charge is 0.222 e. The lowest BCUT2D eigenvalue weighted by molar-refractivity contribution is -0.130. The summed E-state index contributed by atoms with van der Waals surface area (Å²) in [4.78, 5) is 13.2. The van der Waals surface area contributed by atoms with Crippen LogP contribution in [0, 0.1) is 0 Å². The number of amides is 1. The second-order valence-electron chi connectivity index (χ2n) is 3.53. The van der Waals surface area contributed by atoms with Crippen LogP contribution in [0.1, 0.15) is 25.7 Å². The molecule has 0 bridgehead atoms. The van der Waals surface area contributed by atoms with Crippen LogP contribution in [0.4, 0.5) is 0 Å². The topological polar surface area (TPSA) is 66.6 Å². The van der Waals surface area contributed by atoms with Crippen LogP contribution in [-0.4, -0.2) is 41.7 Å². The number of nitrogens with zero attached hydrogens (tertiary/aromatic N) is 1. The molecule has 0 spiro atoms. The van der Waals surface area contributed by atoms with Gasteiger partial charge in [-0.05, 0) is 25.8 Å². The van der Waals surface area contributed by atoms with Gasteiger partial charge in [-0.15, -0.1) is 0 Å². The van der Waals surface area contributed by atoms with Crippen LogP contribution < -0.4 is 5.73 Å². The van der Waals surface area contributed by atoms with E-state index in [0.717, 1.165) is 19.3 Å². The van der Waals surface area contributed by atoms with E-state index in [9.17, 15) is 9.90 Å². The number of hydrogen-bond donors (Lipinski definition) is 2. The van der Waals surface area contributed by atoms with E-state index in [4.69, 9.17) is 5.73 Å². The monoisotopic (exact) mass is 186 g/mol. The van der Waals surface area contributed by atoms with E-state index in [1.165, 1.54) is 0 Å². The van der Waals surface area contributed by atoms with Crippen molar-refractivity contribution >= 4 is 5.91 Å². The molecule has 1 aliphatic rings. The molecule has 0 aromatic heterocycles. The summed E-state index contributed by atoms with van der Waals surface area (Å²) < 4.78 is 0. The number of aliphatic hydroxyl groups is 1. The Morgan fingerprint density at radius 2 is 2.31 bits per heavy atom. The van der Waals surface area contributed by atoms with Crippen molar-refractivity contribution in [1.82, 2.24) is 4.90 Å². The molecule has 0 unspecified atom stereocenters. The number of carbonyl (C=O) groups is 1. The van der Waals surface area contributed by atoms with Crippen molar-refractivity contribution in [3.63, 3.8) is 0 Å². The minimum absolute atomic E-state index is 0.157. The van der Waals surface area contributed by atoms with Crippen molar-refractivity contribution < 1.29 is 9.90 Å². The molecule has 1 saturated heterocycles. The average Bonchev–Trinajstić information content (AvgIpc) is 2.52. The van der Waals surface area contributed by atoms with Crippen LogP contribution in [0.3, 0.4) is 0 Å². The van der Waals surface area contributed by atoms with E-state index in [0.29, 0.717) is 26.1 Å². The van der Waals surface area contributed by atoms with Crippen LogP contribution in [-0.2, 0) is 4.79 Å². The van der Waals surface area contributed by atoms with Gasteiger partial charge in [0.25, 0.3) is 0 Å². The van der Waals surface area contributed by atoms with Crippen LogP contribution >= 0.6 is 0 Å². The largest absolute Gasteiger partial charge is 0.391 e. The molecule has 3 N–H and O–H groups in total. The number of carbonyl (C=O) groups excluding carboxylic acids is 1. The number of unbranched alkanes of at least 4 members (excludes halogenated alkanes) is 1. The zero-order valence-electron chi connectivity index (χ0n) is 7.91.